The van der Waals surface area contributed by atoms with E-state index in [9.17, 15) is 9.50 Å². The summed E-state index contributed by atoms with van der Waals surface area (Å²) in [5.74, 6) is -0.392. The molecule has 1 nitrogen and oxygen atoms in total. The minimum atomic E-state index is -0.840. The number of aliphatic hydroxyl groups excluding tert-OH is 1. The van der Waals surface area contributed by atoms with Crippen LogP contribution in [-0.4, -0.2) is 5.11 Å². The summed E-state index contributed by atoms with van der Waals surface area (Å²) in [5, 5.41) is 10.3. The molecule has 2 rings (SSSR count). The number of halogens is 2. The van der Waals surface area contributed by atoms with E-state index in [1.54, 1.807) is 25.1 Å². The molecule has 0 saturated heterocycles. The average Bonchev–Trinajstić information content (AvgIpc) is 2.28. The van der Waals surface area contributed by atoms with E-state index in [2.05, 4.69) is 0 Å². The largest absolute Gasteiger partial charge is 0.389 e. The fraction of sp³-hybridized carbons (Fsp3) is 0.143. The lowest BCUT2D eigenvalue weighted by Gasteiger charge is -2.12. The Balaban J connectivity index is 2.37. The summed E-state index contributed by atoms with van der Waals surface area (Å²) in [6.45, 7) is 1.56. The Kier molecular flexibility index (Phi) is 4.27. The monoisotopic (exact) mass is 282 g/mol. The van der Waals surface area contributed by atoms with E-state index in [0.717, 1.165) is 4.90 Å². The number of hydrogen-bond acceptors (Lipinski definition) is 2. The van der Waals surface area contributed by atoms with E-state index < -0.39 is 11.9 Å². The summed E-state index contributed by atoms with van der Waals surface area (Å²) < 4.78 is 13.7. The summed E-state index contributed by atoms with van der Waals surface area (Å²) in [5.41, 5.74) is 0.322. The van der Waals surface area contributed by atoms with Crippen LogP contribution in [0.15, 0.2) is 52.3 Å². The molecule has 0 aliphatic carbocycles. The molecule has 2 aromatic rings. The second-order valence-corrected chi connectivity index (χ2v) is 5.44. The van der Waals surface area contributed by atoms with Crippen LogP contribution in [0, 0.1) is 5.82 Å². The van der Waals surface area contributed by atoms with Gasteiger partial charge >= 0.3 is 0 Å². The van der Waals surface area contributed by atoms with Crippen molar-refractivity contribution in [2.75, 3.05) is 0 Å². The van der Waals surface area contributed by atoms with Crippen LogP contribution < -0.4 is 0 Å². The van der Waals surface area contributed by atoms with Crippen molar-refractivity contribution >= 4 is 23.4 Å². The van der Waals surface area contributed by atoms with Crippen LogP contribution in [0.3, 0.4) is 0 Å². The SMILES string of the molecule is C[C@@H](O)c1c(F)cccc1Sc1cccc(Cl)c1. The van der Waals surface area contributed by atoms with Gasteiger partial charge in [0, 0.05) is 20.4 Å². The predicted octanol–water partition coefficient (Wildman–Crippen LogP) is 4.68. The molecule has 0 spiro atoms. The van der Waals surface area contributed by atoms with E-state index in [1.165, 1.54) is 17.8 Å². The molecule has 0 aliphatic rings. The third kappa shape index (κ3) is 3.05. The Labute approximate surface area is 115 Å². The molecule has 1 N–H and O–H groups in total. The van der Waals surface area contributed by atoms with Gasteiger partial charge in [0.05, 0.1) is 6.10 Å². The van der Waals surface area contributed by atoms with Crippen LogP contribution in [0.25, 0.3) is 0 Å². The van der Waals surface area contributed by atoms with Gasteiger partial charge in [-0.2, -0.15) is 0 Å². The second kappa shape index (κ2) is 5.74. The van der Waals surface area contributed by atoms with Crippen LogP contribution in [0.5, 0.6) is 0 Å². The van der Waals surface area contributed by atoms with Gasteiger partial charge in [-0.15, -0.1) is 0 Å². The van der Waals surface area contributed by atoms with Gasteiger partial charge in [0.15, 0.2) is 0 Å². The Morgan fingerprint density at radius 2 is 1.94 bits per heavy atom. The highest BCUT2D eigenvalue weighted by molar-refractivity contribution is 7.99. The lowest BCUT2D eigenvalue weighted by molar-refractivity contribution is 0.191. The highest BCUT2D eigenvalue weighted by Crippen LogP contribution is 2.35. The van der Waals surface area contributed by atoms with E-state index in [-0.39, 0.29) is 0 Å². The third-order valence-electron chi connectivity index (χ3n) is 2.45. The van der Waals surface area contributed by atoms with E-state index in [4.69, 9.17) is 11.6 Å². The Bertz CT molecular complexity index is 557. The van der Waals surface area contributed by atoms with Gasteiger partial charge in [-0.25, -0.2) is 4.39 Å². The van der Waals surface area contributed by atoms with Crippen LogP contribution in [0.1, 0.15) is 18.6 Å². The van der Waals surface area contributed by atoms with Gasteiger partial charge in [-0.05, 0) is 37.3 Å². The molecule has 0 bridgehead atoms. The first kappa shape index (κ1) is 13.4. The van der Waals surface area contributed by atoms with Gasteiger partial charge in [0.2, 0.25) is 0 Å². The van der Waals surface area contributed by atoms with Gasteiger partial charge in [-0.3, -0.25) is 0 Å². The highest BCUT2D eigenvalue weighted by Gasteiger charge is 2.14. The number of aliphatic hydroxyl groups is 1. The Hall–Kier alpha value is -1.03. The number of hydrogen-bond donors (Lipinski definition) is 1. The Morgan fingerprint density at radius 1 is 1.22 bits per heavy atom. The first-order valence-electron chi connectivity index (χ1n) is 5.48. The first-order valence-corrected chi connectivity index (χ1v) is 6.67. The van der Waals surface area contributed by atoms with Crippen molar-refractivity contribution in [3.05, 3.63) is 58.9 Å². The zero-order chi connectivity index (χ0) is 13.1. The quantitative estimate of drug-likeness (QED) is 0.882. The zero-order valence-corrected chi connectivity index (χ0v) is 11.3. The standard InChI is InChI=1S/C14H12ClFOS/c1-9(17)14-12(16)6-3-7-13(14)18-11-5-2-4-10(15)8-11/h2-9,17H,1H3/t9-/m1/s1. The van der Waals surface area contributed by atoms with Crippen molar-refractivity contribution in [3.8, 4) is 0 Å². The molecule has 0 aromatic heterocycles. The fourth-order valence-electron chi connectivity index (χ4n) is 1.67. The fourth-order valence-corrected chi connectivity index (χ4v) is 3.04. The van der Waals surface area contributed by atoms with E-state index in [0.29, 0.717) is 15.5 Å². The molecular formula is C14H12ClFOS. The average molecular weight is 283 g/mol. The van der Waals surface area contributed by atoms with Crippen molar-refractivity contribution in [3.63, 3.8) is 0 Å². The molecule has 0 aliphatic heterocycles. The molecule has 0 heterocycles. The molecule has 0 fully saturated rings. The molecule has 18 heavy (non-hydrogen) atoms. The molecule has 94 valence electrons. The molecule has 4 heteroatoms. The maximum absolute atomic E-state index is 13.7. The second-order valence-electron chi connectivity index (χ2n) is 3.89. The van der Waals surface area contributed by atoms with E-state index >= 15 is 0 Å². The van der Waals surface area contributed by atoms with E-state index in [1.807, 2.05) is 18.2 Å². The Morgan fingerprint density at radius 3 is 2.61 bits per heavy atom. The minimum Gasteiger partial charge on any atom is -0.389 e. The van der Waals surface area contributed by atoms with Gasteiger partial charge < -0.3 is 5.11 Å². The van der Waals surface area contributed by atoms with Crippen molar-refractivity contribution in [2.45, 2.75) is 22.8 Å². The molecule has 0 radical (unpaired) electrons. The summed E-state index contributed by atoms with van der Waals surface area (Å²) in [7, 11) is 0. The van der Waals surface area contributed by atoms with Gasteiger partial charge in [-0.1, -0.05) is 35.5 Å². The summed E-state index contributed by atoms with van der Waals surface area (Å²) in [6, 6.07) is 12.1. The maximum Gasteiger partial charge on any atom is 0.130 e. The first-order chi connectivity index (χ1) is 8.58. The smallest absolute Gasteiger partial charge is 0.130 e. The highest BCUT2D eigenvalue weighted by atomic mass is 35.5. The predicted molar refractivity (Wildman–Crippen MR) is 72.6 cm³/mol. The van der Waals surface area contributed by atoms with Gasteiger partial charge in [0.1, 0.15) is 5.82 Å². The maximum atomic E-state index is 13.7. The molecule has 1 atom stereocenters. The van der Waals surface area contributed by atoms with Crippen LogP contribution in [0.4, 0.5) is 4.39 Å². The summed E-state index contributed by atoms with van der Waals surface area (Å²) in [6.07, 6.45) is -0.840. The van der Waals surface area contributed by atoms with Gasteiger partial charge in [0.25, 0.3) is 0 Å². The van der Waals surface area contributed by atoms with Crippen molar-refractivity contribution < 1.29 is 9.50 Å². The lowest BCUT2D eigenvalue weighted by atomic mass is 10.1. The topological polar surface area (TPSA) is 20.2 Å². The van der Waals surface area contributed by atoms with Crippen LogP contribution in [-0.2, 0) is 0 Å². The number of benzene rings is 2. The third-order valence-corrected chi connectivity index (χ3v) is 3.76. The minimum absolute atomic E-state index is 0.322. The lowest BCUT2D eigenvalue weighted by Crippen LogP contribution is -1.98. The van der Waals surface area contributed by atoms with Crippen LogP contribution >= 0.6 is 23.4 Å². The van der Waals surface area contributed by atoms with Crippen molar-refractivity contribution in [2.24, 2.45) is 0 Å². The molecule has 0 unspecified atom stereocenters. The van der Waals surface area contributed by atoms with Crippen LogP contribution in [0.2, 0.25) is 5.02 Å². The van der Waals surface area contributed by atoms with Crippen molar-refractivity contribution in [1.29, 1.82) is 0 Å². The number of rotatable bonds is 3. The molecule has 0 amide bonds. The molecular weight excluding hydrogens is 271 g/mol. The molecule has 0 saturated carbocycles. The zero-order valence-electron chi connectivity index (χ0n) is 9.73. The summed E-state index contributed by atoms with van der Waals surface area (Å²) in [4.78, 5) is 1.61. The normalized spacial score (nSPS) is 12.4. The molecule has 2 aromatic carbocycles. The van der Waals surface area contributed by atoms with Crippen molar-refractivity contribution in [1.82, 2.24) is 0 Å². The summed E-state index contributed by atoms with van der Waals surface area (Å²) >= 11 is 7.29.